The Hall–Kier alpha value is 0.190. The van der Waals surface area contributed by atoms with Gasteiger partial charge in [0.25, 0.3) is 0 Å². The highest BCUT2D eigenvalue weighted by Crippen LogP contribution is 2.27. The van der Waals surface area contributed by atoms with E-state index in [9.17, 15) is 5.11 Å². The molecule has 0 bridgehead atoms. The van der Waals surface area contributed by atoms with Crippen LogP contribution in [0.1, 0.15) is 6.92 Å². The number of hydrogen-bond donors (Lipinski definition) is 3. The lowest BCUT2D eigenvalue weighted by Crippen LogP contribution is -2.40. The maximum atomic E-state index is 9.43. The fourth-order valence-corrected chi connectivity index (χ4v) is 2.15. The van der Waals surface area contributed by atoms with Crippen molar-refractivity contribution in [1.29, 1.82) is 0 Å². The maximum Gasteiger partial charge on any atom is 0.121 e. The molecule has 0 aliphatic carbocycles. The molecule has 12 heavy (non-hydrogen) atoms. The van der Waals surface area contributed by atoms with Gasteiger partial charge in [-0.05, 0) is 5.75 Å². The highest BCUT2D eigenvalue weighted by atomic mass is 32.2. The molecule has 5 heteroatoms. The summed E-state index contributed by atoms with van der Waals surface area (Å²) < 4.78 is 5.31. The van der Waals surface area contributed by atoms with Gasteiger partial charge in [-0.1, -0.05) is 6.92 Å². The third kappa shape index (κ3) is 1.92. The predicted molar refractivity (Wildman–Crippen MR) is 47.9 cm³/mol. The summed E-state index contributed by atoms with van der Waals surface area (Å²) in [6.07, 6.45) is -1.25. The van der Waals surface area contributed by atoms with Crippen LogP contribution in [-0.4, -0.2) is 46.3 Å². The normalized spacial score (nSPS) is 42.0. The van der Waals surface area contributed by atoms with Gasteiger partial charge in [-0.2, -0.15) is 0 Å². The molecule has 4 unspecified atom stereocenters. The third-order valence-corrected chi connectivity index (χ3v) is 3.00. The van der Waals surface area contributed by atoms with Gasteiger partial charge in [0, 0.05) is 0 Å². The summed E-state index contributed by atoms with van der Waals surface area (Å²) in [6.45, 7) is 1.83. The Morgan fingerprint density at radius 1 is 1.58 bits per heavy atom. The van der Waals surface area contributed by atoms with Crippen molar-refractivity contribution in [2.45, 2.75) is 30.6 Å². The van der Waals surface area contributed by atoms with Crippen molar-refractivity contribution in [2.24, 2.45) is 5.73 Å². The Kier molecular flexibility index (Phi) is 3.79. The van der Waals surface area contributed by atoms with E-state index in [1.54, 1.807) is 11.8 Å². The second kappa shape index (κ2) is 4.43. The van der Waals surface area contributed by atoms with Gasteiger partial charge in [0.2, 0.25) is 0 Å². The van der Waals surface area contributed by atoms with Crippen LogP contribution < -0.4 is 5.73 Å². The van der Waals surface area contributed by atoms with E-state index in [1.807, 2.05) is 6.92 Å². The largest absolute Gasteiger partial charge is 0.394 e. The smallest absolute Gasteiger partial charge is 0.121 e. The molecule has 1 aliphatic rings. The SMILES string of the molecule is CCSC1OC(CO)C(O)C1N. The summed E-state index contributed by atoms with van der Waals surface area (Å²) in [5.74, 6) is 0.892. The van der Waals surface area contributed by atoms with Crippen LogP contribution in [0.4, 0.5) is 0 Å². The molecule has 72 valence electrons. The van der Waals surface area contributed by atoms with Crippen LogP contribution in [0, 0.1) is 0 Å². The number of aliphatic hydroxyl groups is 2. The first-order valence-electron chi connectivity index (χ1n) is 4.02. The monoisotopic (exact) mass is 193 g/mol. The number of thioether (sulfide) groups is 1. The van der Waals surface area contributed by atoms with E-state index in [1.165, 1.54) is 0 Å². The fraction of sp³-hybridized carbons (Fsp3) is 1.00. The number of ether oxygens (including phenoxy) is 1. The first kappa shape index (κ1) is 10.3. The molecule has 1 rings (SSSR count). The molecule has 0 aromatic heterocycles. The number of hydrogen-bond acceptors (Lipinski definition) is 5. The molecule has 0 amide bonds. The van der Waals surface area contributed by atoms with Crippen LogP contribution in [0.15, 0.2) is 0 Å². The molecule has 1 aliphatic heterocycles. The van der Waals surface area contributed by atoms with Crippen molar-refractivity contribution in [3.63, 3.8) is 0 Å². The second-order valence-electron chi connectivity index (χ2n) is 2.75. The standard InChI is InChI=1S/C7H15NO3S/c1-2-12-7-5(8)6(10)4(3-9)11-7/h4-7,9-10H,2-3,8H2,1H3. The third-order valence-electron chi connectivity index (χ3n) is 1.91. The molecule has 0 saturated carbocycles. The van der Waals surface area contributed by atoms with Crippen LogP contribution in [0.3, 0.4) is 0 Å². The minimum atomic E-state index is -0.737. The van der Waals surface area contributed by atoms with E-state index in [2.05, 4.69) is 0 Å². The molecular weight excluding hydrogens is 178 g/mol. The molecule has 4 N–H and O–H groups in total. The average molecular weight is 193 g/mol. The van der Waals surface area contributed by atoms with Gasteiger partial charge >= 0.3 is 0 Å². The topological polar surface area (TPSA) is 75.7 Å². The molecule has 1 fully saturated rings. The molecule has 0 aromatic rings. The van der Waals surface area contributed by atoms with Crippen LogP contribution in [0.5, 0.6) is 0 Å². The van der Waals surface area contributed by atoms with Crippen molar-refractivity contribution in [3.8, 4) is 0 Å². The summed E-state index contributed by atoms with van der Waals surface area (Å²) in [7, 11) is 0. The van der Waals surface area contributed by atoms with Gasteiger partial charge in [0.05, 0.1) is 12.6 Å². The van der Waals surface area contributed by atoms with E-state index in [-0.39, 0.29) is 18.1 Å². The Labute approximate surface area is 76.1 Å². The molecule has 0 aromatic carbocycles. The summed E-state index contributed by atoms with van der Waals surface area (Å²) >= 11 is 1.55. The fourth-order valence-electron chi connectivity index (χ4n) is 1.22. The molecular formula is C7H15NO3S. The summed E-state index contributed by atoms with van der Waals surface area (Å²) in [4.78, 5) is 0. The molecule has 0 radical (unpaired) electrons. The van der Waals surface area contributed by atoms with Crippen LogP contribution in [0.2, 0.25) is 0 Å². The molecule has 1 saturated heterocycles. The second-order valence-corrected chi connectivity index (χ2v) is 4.12. The predicted octanol–water partition coefficient (Wildman–Crippen LogP) is -0.855. The van der Waals surface area contributed by atoms with Gasteiger partial charge in [-0.3, -0.25) is 0 Å². The lowest BCUT2D eigenvalue weighted by Gasteiger charge is -2.13. The lowest BCUT2D eigenvalue weighted by molar-refractivity contribution is -0.00282. The van der Waals surface area contributed by atoms with Gasteiger partial charge in [0.1, 0.15) is 17.6 Å². The molecule has 4 nitrogen and oxygen atoms in total. The first-order valence-corrected chi connectivity index (χ1v) is 5.07. The van der Waals surface area contributed by atoms with Crippen LogP contribution in [0.25, 0.3) is 0 Å². The summed E-state index contributed by atoms with van der Waals surface area (Å²) in [5, 5.41) is 18.2. The van der Waals surface area contributed by atoms with E-state index in [4.69, 9.17) is 15.6 Å². The van der Waals surface area contributed by atoms with Crippen LogP contribution in [-0.2, 0) is 4.74 Å². The van der Waals surface area contributed by atoms with E-state index >= 15 is 0 Å². The first-order chi connectivity index (χ1) is 5.70. The van der Waals surface area contributed by atoms with Crippen molar-refractivity contribution in [1.82, 2.24) is 0 Å². The molecule has 1 heterocycles. The molecule has 0 spiro atoms. The summed E-state index contributed by atoms with van der Waals surface area (Å²) in [6, 6.07) is -0.382. The van der Waals surface area contributed by atoms with Gasteiger partial charge in [-0.15, -0.1) is 11.8 Å². The Balaban J connectivity index is 2.48. The van der Waals surface area contributed by atoms with Crippen molar-refractivity contribution in [2.75, 3.05) is 12.4 Å². The zero-order chi connectivity index (χ0) is 9.14. The van der Waals surface area contributed by atoms with Gasteiger partial charge in [-0.25, -0.2) is 0 Å². The molecule has 4 atom stereocenters. The Bertz CT molecular complexity index is 147. The number of rotatable bonds is 3. The quantitative estimate of drug-likeness (QED) is 0.544. The van der Waals surface area contributed by atoms with Crippen LogP contribution >= 0.6 is 11.8 Å². The highest BCUT2D eigenvalue weighted by molar-refractivity contribution is 7.99. The zero-order valence-electron chi connectivity index (χ0n) is 7.01. The van der Waals surface area contributed by atoms with Crippen molar-refractivity contribution < 1.29 is 14.9 Å². The van der Waals surface area contributed by atoms with Gasteiger partial charge < -0.3 is 20.7 Å². The van der Waals surface area contributed by atoms with Crippen molar-refractivity contribution >= 4 is 11.8 Å². The Morgan fingerprint density at radius 2 is 2.25 bits per heavy atom. The highest BCUT2D eigenvalue weighted by Gasteiger charge is 2.40. The van der Waals surface area contributed by atoms with E-state index in [0.29, 0.717) is 0 Å². The minimum Gasteiger partial charge on any atom is -0.394 e. The zero-order valence-corrected chi connectivity index (χ0v) is 7.83. The average Bonchev–Trinajstić information content (AvgIpc) is 2.33. The van der Waals surface area contributed by atoms with E-state index < -0.39 is 12.2 Å². The van der Waals surface area contributed by atoms with Crippen molar-refractivity contribution in [3.05, 3.63) is 0 Å². The van der Waals surface area contributed by atoms with E-state index in [0.717, 1.165) is 5.75 Å². The summed E-state index contributed by atoms with van der Waals surface area (Å²) in [5.41, 5.74) is 5.49. The Morgan fingerprint density at radius 3 is 2.67 bits per heavy atom. The van der Waals surface area contributed by atoms with Gasteiger partial charge in [0.15, 0.2) is 0 Å². The number of nitrogens with two attached hydrogens (primary N) is 1. The lowest BCUT2D eigenvalue weighted by atomic mass is 10.1. The minimum absolute atomic E-state index is 0.171. The number of aliphatic hydroxyl groups excluding tert-OH is 2. The maximum absolute atomic E-state index is 9.43.